The Morgan fingerprint density at radius 2 is 1.76 bits per heavy atom. The van der Waals surface area contributed by atoms with Crippen LogP contribution in [0.15, 0.2) is 79.5 Å². The van der Waals surface area contributed by atoms with Crippen LogP contribution in [0.3, 0.4) is 0 Å². The van der Waals surface area contributed by atoms with Gasteiger partial charge in [0, 0.05) is 19.2 Å². The van der Waals surface area contributed by atoms with Crippen molar-refractivity contribution in [2.24, 2.45) is 4.99 Å². The highest BCUT2D eigenvalue weighted by Crippen LogP contribution is 2.38. The van der Waals surface area contributed by atoms with Crippen LogP contribution < -0.4 is 4.74 Å². The minimum atomic E-state index is -1.02. The van der Waals surface area contributed by atoms with Gasteiger partial charge in [-0.1, -0.05) is 0 Å². The van der Waals surface area contributed by atoms with Crippen molar-refractivity contribution in [3.05, 3.63) is 101 Å². The molecule has 1 N–H and O–H groups in total. The number of ether oxygens (including phenoxy) is 1. The molecule has 1 heterocycles. The summed E-state index contributed by atoms with van der Waals surface area (Å²) in [6.07, 6.45) is 1.75. The molecule has 12 heteroatoms. The number of likely N-dealkylation sites (N-methyl/N-ethyl adjacent to an activating group) is 1. The van der Waals surface area contributed by atoms with E-state index in [0.29, 0.717) is 30.5 Å². The number of hydrogen-bond acceptors (Lipinski definition) is 7. The number of hydrogen-bond donors (Lipinski definition) is 1. The molecule has 0 aliphatic carbocycles. The maximum atomic E-state index is 12.8. The van der Waals surface area contributed by atoms with E-state index in [9.17, 15) is 19.7 Å². The monoisotopic (exact) mass is 645 g/mol. The number of non-ortho nitro benzene ring substituents is 1. The van der Waals surface area contributed by atoms with Gasteiger partial charge in [0.2, 0.25) is 0 Å². The van der Waals surface area contributed by atoms with Crippen LogP contribution in [0.1, 0.15) is 21.5 Å². The lowest BCUT2D eigenvalue weighted by molar-refractivity contribution is -0.384. The zero-order valence-electron chi connectivity index (χ0n) is 19.1. The van der Waals surface area contributed by atoms with Gasteiger partial charge in [0.25, 0.3) is 11.6 Å². The van der Waals surface area contributed by atoms with Crippen LogP contribution in [-0.2, 0) is 11.4 Å². The van der Waals surface area contributed by atoms with E-state index in [1.54, 1.807) is 37.4 Å². The van der Waals surface area contributed by atoms with Gasteiger partial charge in [-0.25, -0.2) is 9.79 Å². The number of rotatable bonds is 7. The summed E-state index contributed by atoms with van der Waals surface area (Å²) in [5.74, 6) is -0.682. The van der Waals surface area contributed by atoms with Crippen LogP contribution in [0, 0.1) is 10.1 Å². The first-order valence-corrected chi connectivity index (χ1v) is 13.0. The van der Waals surface area contributed by atoms with Crippen LogP contribution in [0.25, 0.3) is 6.08 Å². The predicted octanol–water partition coefficient (Wildman–Crippen LogP) is 6.63. The lowest BCUT2D eigenvalue weighted by Gasteiger charge is -2.11. The second kappa shape index (κ2) is 11.3. The van der Waals surface area contributed by atoms with Crippen LogP contribution in [0.5, 0.6) is 5.75 Å². The Hall–Kier alpha value is -3.48. The number of nitro benzene ring substituents is 1. The van der Waals surface area contributed by atoms with Gasteiger partial charge in [-0.2, -0.15) is 0 Å². The van der Waals surface area contributed by atoms with E-state index in [0.717, 1.165) is 11.1 Å². The topological polar surface area (TPSA) is 122 Å². The summed E-state index contributed by atoms with van der Waals surface area (Å²) in [5.41, 5.74) is 2.23. The molecule has 0 saturated carbocycles. The summed E-state index contributed by atoms with van der Waals surface area (Å²) in [6.45, 7) is 0.210. The quantitative estimate of drug-likeness (QED) is 0.174. The molecule has 1 fully saturated rings. The van der Waals surface area contributed by atoms with E-state index >= 15 is 0 Å². The summed E-state index contributed by atoms with van der Waals surface area (Å²) in [5, 5.41) is 20.3. The van der Waals surface area contributed by atoms with Crippen molar-refractivity contribution in [3.63, 3.8) is 0 Å². The number of halogens is 2. The molecule has 188 valence electrons. The fourth-order valence-electron chi connectivity index (χ4n) is 3.26. The van der Waals surface area contributed by atoms with Gasteiger partial charge in [-0.3, -0.25) is 19.8 Å². The van der Waals surface area contributed by atoms with Gasteiger partial charge in [-0.15, -0.1) is 0 Å². The molecule has 1 aliphatic heterocycles. The minimum Gasteiger partial charge on any atom is -0.487 e. The number of thioether (sulfide) groups is 1. The molecular weight excluding hydrogens is 630 g/mol. The molecule has 1 aliphatic rings. The number of carboxylic acids is 1. The molecule has 1 amide bonds. The highest BCUT2D eigenvalue weighted by atomic mass is 79.9. The molecule has 3 aromatic carbocycles. The number of carboxylic acid groups (broad SMARTS) is 1. The number of nitro groups is 1. The number of aliphatic imine (C=N–C) groups is 1. The largest absolute Gasteiger partial charge is 0.487 e. The average Bonchev–Trinajstić information content (AvgIpc) is 3.11. The Balaban J connectivity index is 1.49. The maximum absolute atomic E-state index is 12.8. The molecule has 3 aromatic rings. The standard InChI is InChI=1S/C25H17Br2N3O6S/c1-29-23(31)21(37-25(29)28-17-6-4-16(5-7-17)24(32)33)12-15-10-19(26)22(20(27)11-15)36-13-14-2-8-18(9-3-14)30(34)35/h2-12H,13H2,1H3,(H,32,33). The third kappa shape index (κ3) is 6.27. The number of amides is 1. The maximum Gasteiger partial charge on any atom is 0.335 e. The molecule has 0 atom stereocenters. The van der Waals surface area contributed by atoms with Crippen molar-refractivity contribution in [2.45, 2.75) is 6.61 Å². The van der Waals surface area contributed by atoms with Crippen molar-refractivity contribution < 1.29 is 24.4 Å². The van der Waals surface area contributed by atoms with E-state index in [4.69, 9.17) is 9.84 Å². The Morgan fingerprint density at radius 1 is 1.14 bits per heavy atom. The molecule has 0 spiro atoms. The molecular formula is C25H17Br2N3O6S. The fraction of sp³-hybridized carbons (Fsp3) is 0.0800. The lowest BCUT2D eigenvalue weighted by atomic mass is 10.2. The van der Waals surface area contributed by atoms with E-state index in [2.05, 4.69) is 36.9 Å². The summed E-state index contributed by atoms with van der Waals surface area (Å²) >= 11 is 8.23. The van der Waals surface area contributed by atoms with E-state index in [-0.39, 0.29) is 23.8 Å². The number of carbonyl (C=O) groups excluding carboxylic acids is 1. The van der Waals surface area contributed by atoms with Gasteiger partial charge in [0.05, 0.1) is 30.0 Å². The molecule has 0 bridgehead atoms. The Bertz CT molecular complexity index is 1430. The van der Waals surface area contributed by atoms with Crippen molar-refractivity contribution in [1.29, 1.82) is 0 Å². The van der Waals surface area contributed by atoms with Gasteiger partial charge in [-0.05, 0) is 109 Å². The summed E-state index contributed by atoms with van der Waals surface area (Å²) in [6, 6.07) is 15.8. The average molecular weight is 647 g/mol. The third-order valence-corrected chi connectivity index (χ3v) is 7.43. The van der Waals surface area contributed by atoms with E-state index in [1.165, 1.54) is 40.9 Å². The first-order chi connectivity index (χ1) is 17.6. The first-order valence-electron chi connectivity index (χ1n) is 10.6. The van der Waals surface area contributed by atoms with Crippen molar-refractivity contribution in [3.8, 4) is 5.75 Å². The minimum absolute atomic E-state index is 0.0118. The number of amidine groups is 1. The smallest absolute Gasteiger partial charge is 0.335 e. The number of aromatic carboxylic acids is 1. The summed E-state index contributed by atoms with van der Waals surface area (Å²) in [4.78, 5) is 40.6. The first kappa shape index (κ1) is 26.6. The van der Waals surface area contributed by atoms with Crippen LogP contribution in [0.2, 0.25) is 0 Å². The normalized spacial score (nSPS) is 15.4. The zero-order chi connectivity index (χ0) is 26.7. The number of benzene rings is 3. The Labute approximate surface area is 232 Å². The zero-order valence-corrected chi connectivity index (χ0v) is 23.0. The van der Waals surface area contributed by atoms with Crippen molar-refractivity contribution >= 4 is 78.1 Å². The Kier molecular flexibility index (Phi) is 8.10. The second-order valence-corrected chi connectivity index (χ2v) is 10.5. The van der Waals surface area contributed by atoms with Crippen LogP contribution in [0.4, 0.5) is 11.4 Å². The molecule has 37 heavy (non-hydrogen) atoms. The van der Waals surface area contributed by atoms with E-state index in [1.807, 2.05) is 12.1 Å². The van der Waals surface area contributed by atoms with Crippen LogP contribution >= 0.6 is 43.6 Å². The van der Waals surface area contributed by atoms with Crippen LogP contribution in [-0.4, -0.2) is 39.0 Å². The van der Waals surface area contributed by atoms with Gasteiger partial charge in [0.1, 0.15) is 12.4 Å². The van der Waals surface area contributed by atoms with Crippen molar-refractivity contribution in [2.75, 3.05) is 7.05 Å². The van der Waals surface area contributed by atoms with Crippen molar-refractivity contribution in [1.82, 2.24) is 4.90 Å². The third-order valence-electron chi connectivity index (χ3n) is 5.19. The SMILES string of the molecule is CN1C(=O)C(=Cc2cc(Br)c(OCc3ccc([N+](=O)[O-])cc3)c(Br)c2)SC1=Nc1ccc(C(=O)O)cc1. The number of carbonyl (C=O) groups is 2. The summed E-state index contributed by atoms with van der Waals surface area (Å²) < 4.78 is 7.22. The predicted molar refractivity (Wildman–Crippen MR) is 148 cm³/mol. The highest BCUT2D eigenvalue weighted by Gasteiger charge is 2.30. The summed E-state index contributed by atoms with van der Waals surface area (Å²) in [7, 11) is 1.63. The second-order valence-electron chi connectivity index (χ2n) is 7.75. The number of nitrogens with zero attached hydrogens (tertiary/aromatic N) is 3. The molecule has 0 unspecified atom stereocenters. The van der Waals surface area contributed by atoms with E-state index < -0.39 is 10.9 Å². The Morgan fingerprint density at radius 3 is 2.32 bits per heavy atom. The van der Waals surface area contributed by atoms with Gasteiger partial charge in [0.15, 0.2) is 5.17 Å². The molecule has 0 radical (unpaired) electrons. The van der Waals surface area contributed by atoms with Gasteiger partial charge < -0.3 is 9.84 Å². The molecule has 1 saturated heterocycles. The fourth-order valence-corrected chi connectivity index (χ4v) is 5.70. The molecule has 4 rings (SSSR count). The van der Waals surface area contributed by atoms with Gasteiger partial charge >= 0.3 is 5.97 Å². The molecule has 9 nitrogen and oxygen atoms in total. The highest BCUT2D eigenvalue weighted by molar-refractivity contribution is 9.11. The molecule has 0 aromatic heterocycles. The lowest BCUT2D eigenvalue weighted by Crippen LogP contribution is -2.23.